The van der Waals surface area contributed by atoms with Gasteiger partial charge in [0.15, 0.2) is 0 Å². The van der Waals surface area contributed by atoms with Gasteiger partial charge in [0.1, 0.15) is 5.76 Å². The van der Waals surface area contributed by atoms with Crippen LogP contribution in [0.1, 0.15) is 31.9 Å². The van der Waals surface area contributed by atoms with Crippen molar-refractivity contribution >= 4 is 10.0 Å². The van der Waals surface area contributed by atoms with Crippen LogP contribution >= 0.6 is 0 Å². The highest BCUT2D eigenvalue weighted by Crippen LogP contribution is 2.32. The molecule has 1 aromatic rings. The molecule has 120 valence electrons. The van der Waals surface area contributed by atoms with Gasteiger partial charge in [-0.1, -0.05) is 6.92 Å². The minimum atomic E-state index is -3.50. The first-order valence-electron chi connectivity index (χ1n) is 7.39. The number of nitrogens with zero attached hydrogens (tertiary/aromatic N) is 1. The van der Waals surface area contributed by atoms with Crippen molar-refractivity contribution in [2.45, 2.75) is 43.9 Å². The predicted octanol–water partition coefficient (Wildman–Crippen LogP) is 1.58. The van der Waals surface area contributed by atoms with E-state index in [0.717, 1.165) is 19.3 Å². The third-order valence-electron chi connectivity index (χ3n) is 3.38. The van der Waals surface area contributed by atoms with Crippen LogP contribution in [0.15, 0.2) is 21.6 Å². The first-order chi connectivity index (χ1) is 10.1. The van der Waals surface area contributed by atoms with Crippen LogP contribution in [0.2, 0.25) is 0 Å². The summed E-state index contributed by atoms with van der Waals surface area (Å²) in [5, 5.41) is 3.18. The molecule has 0 radical (unpaired) electrons. The Bertz CT molecular complexity index is 537. The van der Waals surface area contributed by atoms with Gasteiger partial charge in [-0.2, -0.15) is 4.31 Å². The normalized spacial score (nSPS) is 15.8. The first-order valence-corrected chi connectivity index (χ1v) is 8.83. The molecular formula is C14H24N2O4S. The van der Waals surface area contributed by atoms with Gasteiger partial charge >= 0.3 is 0 Å². The molecule has 1 heterocycles. The molecule has 1 aromatic heterocycles. The van der Waals surface area contributed by atoms with E-state index in [9.17, 15) is 8.42 Å². The number of sulfonamides is 1. The minimum absolute atomic E-state index is 0.0476. The van der Waals surface area contributed by atoms with E-state index in [2.05, 4.69) is 5.32 Å². The van der Waals surface area contributed by atoms with Crippen LogP contribution in [-0.2, 0) is 21.3 Å². The van der Waals surface area contributed by atoms with Crippen LogP contribution in [0, 0.1) is 0 Å². The Morgan fingerprint density at radius 3 is 2.81 bits per heavy atom. The zero-order valence-corrected chi connectivity index (χ0v) is 13.5. The summed E-state index contributed by atoms with van der Waals surface area (Å²) < 4.78 is 37.2. The SMILES string of the molecule is CCCN(C1CC1)S(=O)(=O)c1ccc(CNCCOC)o1. The van der Waals surface area contributed by atoms with Crippen LogP contribution in [0.4, 0.5) is 0 Å². The molecule has 21 heavy (non-hydrogen) atoms. The van der Waals surface area contributed by atoms with Crippen LogP contribution in [0.5, 0.6) is 0 Å². The number of nitrogens with one attached hydrogen (secondary N) is 1. The van der Waals surface area contributed by atoms with Crippen LogP contribution in [0.25, 0.3) is 0 Å². The molecule has 0 unspecified atom stereocenters. The fourth-order valence-electron chi connectivity index (χ4n) is 2.18. The monoisotopic (exact) mass is 316 g/mol. The number of rotatable bonds is 10. The van der Waals surface area contributed by atoms with Gasteiger partial charge in [-0.05, 0) is 31.4 Å². The molecule has 0 bridgehead atoms. The molecule has 1 N–H and O–H groups in total. The Balaban J connectivity index is 2.01. The zero-order chi connectivity index (χ0) is 15.3. The summed E-state index contributed by atoms with van der Waals surface area (Å²) in [7, 11) is -1.86. The molecule has 0 saturated heterocycles. The second-order valence-electron chi connectivity index (χ2n) is 5.24. The lowest BCUT2D eigenvalue weighted by Gasteiger charge is -2.19. The molecule has 0 aromatic carbocycles. The Kier molecular flexibility index (Phi) is 5.80. The third kappa shape index (κ3) is 4.29. The van der Waals surface area contributed by atoms with E-state index in [-0.39, 0.29) is 11.1 Å². The van der Waals surface area contributed by atoms with E-state index in [1.807, 2.05) is 6.92 Å². The zero-order valence-electron chi connectivity index (χ0n) is 12.7. The maximum absolute atomic E-state index is 12.6. The minimum Gasteiger partial charge on any atom is -0.447 e. The van der Waals surface area contributed by atoms with Crippen molar-refractivity contribution in [1.82, 2.24) is 9.62 Å². The van der Waals surface area contributed by atoms with E-state index in [1.165, 1.54) is 0 Å². The molecule has 0 aliphatic heterocycles. The van der Waals surface area contributed by atoms with Crippen molar-refractivity contribution in [3.8, 4) is 0 Å². The van der Waals surface area contributed by atoms with Crippen molar-refractivity contribution in [2.75, 3.05) is 26.8 Å². The van der Waals surface area contributed by atoms with Crippen LogP contribution in [0.3, 0.4) is 0 Å². The molecule has 7 heteroatoms. The summed E-state index contributed by atoms with van der Waals surface area (Å²) in [5.74, 6) is 0.622. The number of hydrogen-bond donors (Lipinski definition) is 1. The maximum atomic E-state index is 12.6. The Morgan fingerprint density at radius 2 is 2.19 bits per heavy atom. The molecule has 0 atom stereocenters. The highest BCUT2D eigenvalue weighted by atomic mass is 32.2. The average Bonchev–Trinajstić information content (AvgIpc) is 3.17. The first kappa shape index (κ1) is 16.5. The number of ether oxygens (including phenoxy) is 1. The lowest BCUT2D eigenvalue weighted by Crippen LogP contribution is -2.33. The van der Waals surface area contributed by atoms with Crippen molar-refractivity contribution < 1.29 is 17.6 Å². The third-order valence-corrected chi connectivity index (χ3v) is 5.21. The Labute approximate surface area is 126 Å². The Morgan fingerprint density at radius 1 is 1.43 bits per heavy atom. The molecular weight excluding hydrogens is 292 g/mol. The van der Waals surface area contributed by atoms with Gasteiger partial charge in [-0.25, -0.2) is 8.42 Å². The Hall–Kier alpha value is -0.890. The molecule has 0 amide bonds. The van der Waals surface area contributed by atoms with Gasteiger partial charge < -0.3 is 14.5 Å². The summed E-state index contributed by atoms with van der Waals surface area (Å²) in [4.78, 5) is 0. The van der Waals surface area contributed by atoms with Gasteiger partial charge in [-0.15, -0.1) is 0 Å². The van der Waals surface area contributed by atoms with E-state index < -0.39 is 10.0 Å². The van der Waals surface area contributed by atoms with Crippen molar-refractivity contribution in [3.63, 3.8) is 0 Å². The molecule has 1 aliphatic rings. The second-order valence-corrected chi connectivity index (χ2v) is 7.06. The largest absolute Gasteiger partial charge is 0.447 e. The van der Waals surface area contributed by atoms with Crippen LogP contribution in [-0.4, -0.2) is 45.6 Å². The van der Waals surface area contributed by atoms with Crippen molar-refractivity contribution in [1.29, 1.82) is 0 Å². The smallest absolute Gasteiger partial charge is 0.276 e. The van der Waals surface area contributed by atoms with E-state index in [1.54, 1.807) is 23.5 Å². The van der Waals surface area contributed by atoms with Gasteiger partial charge in [0, 0.05) is 26.2 Å². The summed E-state index contributed by atoms with van der Waals surface area (Å²) >= 11 is 0. The highest BCUT2D eigenvalue weighted by molar-refractivity contribution is 7.89. The molecule has 0 spiro atoms. The summed E-state index contributed by atoms with van der Waals surface area (Å²) in [6, 6.07) is 3.42. The summed E-state index contributed by atoms with van der Waals surface area (Å²) in [6.07, 6.45) is 2.71. The predicted molar refractivity (Wildman–Crippen MR) is 79.5 cm³/mol. The lowest BCUT2D eigenvalue weighted by molar-refractivity contribution is 0.198. The molecule has 1 fully saturated rings. The summed E-state index contributed by atoms with van der Waals surface area (Å²) in [5.41, 5.74) is 0. The number of methoxy groups -OCH3 is 1. The quantitative estimate of drug-likeness (QED) is 0.664. The van der Waals surface area contributed by atoms with Gasteiger partial charge in [0.2, 0.25) is 5.09 Å². The lowest BCUT2D eigenvalue weighted by atomic mass is 10.4. The van der Waals surface area contributed by atoms with Crippen LogP contribution < -0.4 is 5.32 Å². The molecule has 1 aliphatic carbocycles. The fraction of sp³-hybridized carbons (Fsp3) is 0.714. The average molecular weight is 316 g/mol. The van der Waals surface area contributed by atoms with E-state index in [4.69, 9.17) is 9.15 Å². The van der Waals surface area contributed by atoms with Crippen molar-refractivity contribution in [3.05, 3.63) is 17.9 Å². The topological polar surface area (TPSA) is 71.8 Å². The van der Waals surface area contributed by atoms with Gasteiger partial charge in [0.25, 0.3) is 10.0 Å². The maximum Gasteiger partial charge on any atom is 0.276 e. The highest BCUT2D eigenvalue weighted by Gasteiger charge is 2.38. The number of hydrogen-bond acceptors (Lipinski definition) is 5. The van der Waals surface area contributed by atoms with E-state index in [0.29, 0.717) is 32.0 Å². The van der Waals surface area contributed by atoms with Crippen molar-refractivity contribution in [2.24, 2.45) is 0 Å². The second kappa shape index (κ2) is 7.40. The molecule has 6 nitrogen and oxygen atoms in total. The van der Waals surface area contributed by atoms with E-state index >= 15 is 0 Å². The summed E-state index contributed by atoms with van der Waals surface area (Å²) in [6.45, 7) is 4.34. The molecule has 2 rings (SSSR count). The fourth-order valence-corrected chi connectivity index (χ4v) is 3.88. The standard InChI is InChI=1S/C14H24N2O4S/c1-3-9-16(12-4-5-12)21(17,18)14-7-6-13(20-14)11-15-8-10-19-2/h6-7,12,15H,3-5,8-11H2,1-2H3. The number of furan rings is 1. The molecule has 1 saturated carbocycles. The van der Waals surface area contributed by atoms with Gasteiger partial charge in [0.05, 0.1) is 13.2 Å². The van der Waals surface area contributed by atoms with Gasteiger partial charge in [-0.3, -0.25) is 0 Å².